The number of benzene rings is 3. The fraction of sp³-hybridized carbons (Fsp3) is 0.310. The number of amides is 2. The van der Waals surface area contributed by atoms with E-state index in [-0.39, 0.29) is 12.1 Å². The number of carbonyl (C=O) groups is 2. The Bertz CT molecular complexity index is 1520. The Morgan fingerprint density at radius 1 is 1.05 bits per heavy atom. The number of ether oxygens (including phenoxy) is 2. The second-order valence-electron chi connectivity index (χ2n) is 9.98. The number of hydrogen-bond acceptors (Lipinski definition) is 6. The fourth-order valence-corrected chi connectivity index (χ4v) is 4.44. The highest BCUT2D eigenvalue weighted by molar-refractivity contribution is 6.02. The molecule has 1 aliphatic rings. The van der Waals surface area contributed by atoms with Crippen LogP contribution in [-0.4, -0.2) is 45.6 Å². The maximum atomic E-state index is 15.3. The zero-order valence-electron chi connectivity index (χ0n) is 22.1. The third-order valence-corrected chi connectivity index (χ3v) is 6.83. The number of nitrogens with one attached hydrogen (secondary N) is 1. The van der Waals surface area contributed by atoms with Crippen molar-refractivity contribution in [3.8, 4) is 11.5 Å². The molecular weight excluding hydrogens is 501 g/mol. The molecule has 2 amide bonds. The minimum Gasteiger partial charge on any atom is -0.486 e. The van der Waals surface area contributed by atoms with Gasteiger partial charge in [-0.15, -0.1) is 5.10 Å². The average molecular weight is 532 g/mol. The minimum atomic E-state index is -1.32. The number of rotatable bonds is 8. The van der Waals surface area contributed by atoms with Gasteiger partial charge in [-0.2, -0.15) is 0 Å². The van der Waals surface area contributed by atoms with Crippen LogP contribution in [0, 0.1) is 5.82 Å². The highest BCUT2D eigenvalue weighted by Crippen LogP contribution is 2.38. The number of halogens is 1. The van der Waals surface area contributed by atoms with Crippen LogP contribution in [0.1, 0.15) is 38.8 Å². The summed E-state index contributed by atoms with van der Waals surface area (Å²) in [5.74, 6) is -0.643. The van der Waals surface area contributed by atoms with Gasteiger partial charge in [-0.05, 0) is 50.6 Å². The Morgan fingerprint density at radius 2 is 1.77 bits per heavy atom. The van der Waals surface area contributed by atoms with Crippen LogP contribution in [-0.2, 0) is 16.1 Å². The first kappa shape index (κ1) is 26.1. The standard InChI is InChI=1S/C29H30FN5O4/c1-4-29(2,3)31-28(37)27(20-9-5-6-10-21(20)30)35(19-13-14-24-25(17-19)39-16-15-38-24)26(36)18-34-23-12-8-7-11-22(23)32-33-34/h5-14,17,27H,4,15-16,18H2,1-3H3,(H,31,37)/t27-/m0/s1. The van der Waals surface area contributed by atoms with E-state index in [2.05, 4.69) is 15.6 Å². The van der Waals surface area contributed by atoms with Gasteiger partial charge in [-0.1, -0.05) is 42.5 Å². The number of fused-ring (bicyclic) bond motifs is 2. The molecule has 0 bridgehead atoms. The molecule has 5 rings (SSSR count). The van der Waals surface area contributed by atoms with Gasteiger partial charge >= 0.3 is 0 Å². The van der Waals surface area contributed by atoms with Crippen molar-refractivity contribution in [1.29, 1.82) is 0 Å². The molecule has 0 unspecified atom stereocenters. The van der Waals surface area contributed by atoms with Crippen LogP contribution < -0.4 is 19.7 Å². The van der Waals surface area contributed by atoms with Crippen molar-refractivity contribution < 1.29 is 23.5 Å². The summed E-state index contributed by atoms with van der Waals surface area (Å²) in [5, 5.41) is 11.3. The predicted octanol–water partition coefficient (Wildman–Crippen LogP) is 4.42. The van der Waals surface area contributed by atoms with E-state index in [0.717, 1.165) is 0 Å². The molecule has 1 aliphatic heterocycles. The second-order valence-corrected chi connectivity index (χ2v) is 9.98. The van der Waals surface area contributed by atoms with Crippen molar-refractivity contribution in [3.05, 3.63) is 78.1 Å². The van der Waals surface area contributed by atoms with Crippen LogP contribution in [0.15, 0.2) is 66.7 Å². The van der Waals surface area contributed by atoms with Gasteiger partial charge in [0.15, 0.2) is 11.5 Å². The molecule has 0 saturated carbocycles. The first-order valence-electron chi connectivity index (χ1n) is 12.8. The largest absolute Gasteiger partial charge is 0.486 e. The lowest BCUT2D eigenvalue weighted by Gasteiger charge is -2.35. The van der Waals surface area contributed by atoms with Gasteiger partial charge in [0.05, 0.1) is 5.52 Å². The Morgan fingerprint density at radius 3 is 2.54 bits per heavy atom. The maximum absolute atomic E-state index is 15.3. The first-order valence-corrected chi connectivity index (χ1v) is 12.8. The van der Waals surface area contributed by atoms with Gasteiger partial charge in [0, 0.05) is 22.9 Å². The lowest BCUT2D eigenvalue weighted by atomic mass is 9.97. The minimum absolute atomic E-state index is 0.0635. The van der Waals surface area contributed by atoms with Crippen LogP contribution >= 0.6 is 0 Å². The molecule has 1 N–H and O–H groups in total. The lowest BCUT2D eigenvalue weighted by Crippen LogP contribution is -2.51. The molecule has 0 spiro atoms. The molecule has 2 heterocycles. The van der Waals surface area contributed by atoms with Gasteiger partial charge in [-0.3, -0.25) is 14.5 Å². The number of para-hydroxylation sites is 1. The Balaban J connectivity index is 1.64. The van der Waals surface area contributed by atoms with Gasteiger partial charge in [0.25, 0.3) is 0 Å². The first-order chi connectivity index (χ1) is 18.8. The molecule has 0 radical (unpaired) electrons. The summed E-state index contributed by atoms with van der Waals surface area (Å²) in [5.41, 5.74) is 1.11. The summed E-state index contributed by atoms with van der Waals surface area (Å²) in [6, 6.07) is 16.9. The van der Waals surface area contributed by atoms with Crippen LogP contribution in [0.25, 0.3) is 11.0 Å². The fourth-order valence-electron chi connectivity index (χ4n) is 4.44. The normalized spacial score (nSPS) is 13.6. The smallest absolute Gasteiger partial charge is 0.249 e. The van der Waals surface area contributed by atoms with Crippen LogP contribution in [0.4, 0.5) is 10.1 Å². The highest BCUT2D eigenvalue weighted by atomic mass is 19.1. The van der Waals surface area contributed by atoms with Crippen molar-refractivity contribution in [3.63, 3.8) is 0 Å². The second kappa shape index (κ2) is 10.7. The van der Waals surface area contributed by atoms with Gasteiger partial charge < -0.3 is 14.8 Å². The van der Waals surface area contributed by atoms with E-state index in [4.69, 9.17) is 9.47 Å². The summed E-state index contributed by atoms with van der Waals surface area (Å²) < 4.78 is 28.2. The van der Waals surface area contributed by atoms with E-state index in [1.807, 2.05) is 39.0 Å². The topological polar surface area (TPSA) is 98.6 Å². The number of anilines is 1. The summed E-state index contributed by atoms with van der Waals surface area (Å²) in [6.45, 7) is 6.21. The molecule has 202 valence electrons. The van der Waals surface area contributed by atoms with Crippen LogP contribution in [0.5, 0.6) is 11.5 Å². The van der Waals surface area contributed by atoms with Crippen molar-refractivity contribution >= 4 is 28.5 Å². The number of nitrogens with zero attached hydrogens (tertiary/aromatic N) is 4. The lowest BCUT2D eigenvalue weighted by molar-refractivity contribution is -0.128. The van der Waals surface area contributed by atoms with E-state index in [1.165, 1.54) is 21.7 Å². The molecule has 4 aromatic rings. The summed E-state index contributed by atoms with van der Waals surface area (Å²) in [4.78, 5) is 29.4. The highest BCUT2D eigenvalue weighted by Gasteiger charge is 2.37. The molecular formula is C29H30FN5O4. The van der Waals surface area contributed by atoms with Gasteiger partial charge in [0.1, 0.15) is 37.1 Å². The maximum Gasteiger partial charge on any atom is 0.249 e. The molecule has 1 aromatic heterocycles. The van der Waals surface area contributed by atoms with Crippen molar-refractivity contribution in [2.45, 2.75) is 45.3 Å². The van der Waals surface area contributed by atoms with Crippen LogP contribution in [0.3, 0.4) is 0 Å². The SMILES string of the molecule is CCC(C)(C)NC(=O)[C@H](c1ccccc1F)N(C(=O)Cn1nnc2ccccc21)c1ccc2c(c1)OCCO2. The molecule has 0 aliphatic carbocycles. The number of aromatic nitrogens is 3. The Hall–Kier alpha value is -4.47. The quantitative estimate of drug-likeness (QED) is 0.362. The van der Waals surface area contributed by atoms with Crippen LogP contribution in [0.2, 0.25) is 0 Å². The molecule has 39 heavy (non-hydrogen) atoms. The van der Waals surface area contributed by atoms with E-state index in [0.29, 0.717) is 47.9 Å². The number of carbonyl (C=O) groups excluding carboxylic acids is 2. The molecule has 3 aromatic carbocycles. The van der Waals surface area contributed by atoms with E-state index >= 15 is 4.39 Å². The van der Waals surface area contributed by atoms with Crippen molar-refractivity contribution in [2.75, 3.05) is 18.1 Å². The van der Waals surface area contributed by atoms with E-state index in [1.54, 1.807) is 36.4 Å². The Kier molecular flexibility index (Phi) is 7.19. The van der Waals surface area contributed by atoms with Gasteiger partial charge in [0.2, 0.25) is 11.8 Å². The molecule has 10 heteroatoms. The molecule has 9 nitrogen and oxygen atoms in total. The zero-order valence-corrected chi connectivity index (χ0v) is 22.1. The van der Waals surface area contributed by atoms with E-state index in [9.17, 15) is 9.59 Å². The van der Waals surface area contributed by atoms with Crippen molar-refractivity contribution in [2.24, 2.45) is 0 Å². The van der Waals surface area contributed by atoms with Gasteiger partial charge in [-0.25, -0.2) is 9.07 Å². The van der Waals surface area contributed by atoms with Crippen molar-refractivity contribution in [1.82, 2.24) is 20.3 Å². The third-order valence-electron chi connectivity index (χ3n) is 6.83. The summed E-state index contributed by atoms with van der Waals surface area (Å²) >= 11 is 0. The summed E-state index contributed by atoms with van der Waals surface area (Å²) in [6.07, 6.45) is 0.631. The number of hydrogen-bond donors (Lipinski definition) is 1. The third kappa shape index (κ3) is 5.41. The molecule has 0 fully saturated rings. The summed E-state index contributed by atoms with van der Waals surface area (Å²) in [7, 11) is 0. The Labute approximate surface area is 225 Å². The monoisotopic (exact) mass is 531 g/mol. The van der Waals surface area contributed by atoms with E-state index < -0.39 is 29.2 Å². The predicted molar refractivity (Wildman–Crippen MR) is 144 cm³/mol. The average Bonchev–Trinajstić information content (AvgIpc) is 3.34. The molecule has 1 atom stereocenters. The molecule has 0 saturated heterocycles. The zero-order chi connectivity index (χ0) is 27.6.